The summed E-state index contributed by atoms with van der Waals surface area (Å²) in [5.41, 5.74) is 0.806. The molecule has 1 aliphatic rings. The number of carbonyl (C=O) groups is 2. The lowest BCUT2D eigenvalue weighted by molar-refractivity contribution is -0.148. The second-order valence-electron chi connectivity index (χ2n) is 6.16. The van der Waals surface area contributed by atoms with E-state index in [1.165, 1.54) is 12.8 Å². The summed E-state index contributed by atoms with van der Waals surface area (Å²) in [5, 5.41) is 11.8. The smallest absolute Gasteiger partial charge is 0.309 e. The van der Waals surface area contributed by atoms with Crippen LogP contribution in [0.4, 0.5) is 11.4 Å². The minimum absolute atomic E-state index is 0.0454. The number of aliphatic carboxylic acids is 1. The molecular weight excluding hydrogens is 268 g/mol. The van der Waals surface area contributed by atoms with Crippen LogP contribution in [0.1, 0.15) is 33.1 Å². The molecule has 1 aromatic carbocycles. The van der Waals surface area contributed by atoms with Gasteiger partial charge in [-0.2, -0.15) is 0 Å². The Bertz CT molecular complexity index is 517. The molecule has 0 aliphatic carbocycles. The maximum Gasteiger partial charge on any atom is 0.309 e. The fraction of sp³-hybridized carbons (Fsp3) is 0.500. The Morgan fingerprint density at radius 3 is 2.29 bits per heavy atom. The monoisotopic (exact) mass is 290 g/mol. The molecule has 1 amide bonds. The predicted molar refractivity (Wildman–Crippen MR) is 82.6 cm³/mol. The van der Waals surface area contributed by atoms with Crippen LogP contribution in [0.2, 0.25) is 0 Å². The maximum absolute atomic E-state index is 11.9. The van der Waals surface area contributed by atoms with E-state index in [2.05, 4.69) is 10.2 Å². The van der Waals surface area contributed by atoms with E-state index in [0.717, 1.165) is 18.8 Å². The first kappa shape index (κ1) is 15.4. The number of benzene rings is 1. The Morgan fingerprint density at radius 2 is 1.76 bits per heavy atom. The zero-order valence-electron chi connectivity index (χ0n) is 12.6. The lowest BCUT2D eigenvalue weighted by atomic mass is 9.89. The van der Waals surface area contributed by atoms with Crippen LogP contribution in [0.25, 0.3) is 0 Å². The lowest BCUT2D eigenvalue weighted by Gasteiger charge is -2.19. The highest BCUT2D eigenvalue weighted by Gasteiger charge is 2.30. The van der Waals surface area contributed by atoms with Gasteiger partial charge in [-0.25, -0.2) is 0 Å². The number of carbonyl (C=O) groups excluding carboxylic acids is 1. The number of rotatable bonds is 5. The van der Waals surface area contributed by atoms with Crippen molar-refractivity contribution in [3.05, 3.63) is 24.3 Å². The Balaban J connectivity index is 1.93. The van der Waals surface area contributed by atoms with Crippen LogP contribution < -0.4 is 10.2 Å². The van der Waals surface area contributed by atoms with Gasteiger partial charge in [0, 0.05) is 30.9 Å². The summed E-state index contributed by atoms with van der Waals surface area (Å²) >= 11 is 0. The summed E-state index contributed by atoms with van der Waals surface area (Å²) in [7, 11) is 0. The van der Waals surface area contributed by atoms with Crippen LogP contribution in [0.3, 0.4) is 0 Å². The van der Waals surface area contributed by atoms with Crippen molar-refractivity contribution in [2.75, 3.05) is 23.3 Å². The van der Waals surface area contributed by atoms with E-state index >= 15 is 0 Å². The van der Waals surface area contributed by atoms with Crippen LogP contribution in [0.15, 0.2) is 24.3 Å². The molecule has 1 aliphatic heterocycles. The van der Waals surface area contributed by atoms with Gasteiger partial charge in [-0.05, 0) is 51.0 Å². The van der Waals surface area contributed by atoms with Gasteiger partial charge in [0.05, 0.1) is 5.41 Å². The third-order valence-electron chi connectivity index (χ3n) is 3.80. The molecule has 0 saturated carbocycles. The van der Waals surface area contributed by atoms with Gasteiger partial charge in [-0.1, -0.05) is 0 Å². The normalized spacial score (nSPS) is 15.0. The molecule has 5 heteroatoms. The minimum Gasteiger partial charge on any atom is -0.481 e. The number of amides is 1. The van der Waals surface area contributed by atoms with Crippen molar-refractivity contribution in [2.24, 2.45) is 5.41 Å². The topological polar surface area (TPSA) is 69.6 Å². The van der Waals surface area contributed by atoms with Gasteiger partial charge in [-0.3, -0.25) is 9.59 Å². The molecule has 2 rings (SSSR count). The van der Waals surface area contributed by atoms with Gasteiger partial charge in [0.2, 0.25) is 5.91 Å². The molecule has 21 heavy (non-hydrogen) atoms. The molecule has 1 fully saturated rings. The quantitative estimate of drug-likeness (QED) is 0.875. The van der Waals surface area contributed by atoms with Gasteiger partial charge >= 0.3 is 5.97 Å². The number of hydrogen-bond acceptors (Lipinski definition) is 3. The van der Waals surface area contributed by atoms with E-state index < -0.39 is 11.4 Å². The zero-order valence-corrected chi connectivity index (χ0v) is 12.6. The SMILES string of the molecule is CC(C)(CC(=O)Nc1ccc(N2CCCC2)cc1)C(=O)O. The largest absolute Gasteiger partial charge is 0.481 e. The summed E-state index contributed by atoms with van der Waals surface area (Å²) in [6, 6.07) is 7.70. The highest BCUT2D eigenvalue weighted by Crippen LogP contribution is 2.24. The third kappa shape index (κ3) is 3.97. The zero-order chi connectivity index (χ0) is 15.5. The lowest BCUT2D eigenvalue weighted by Crippen LogP contribution is -2.29. The second-order valence-corrected chi connectivity index (χ2v) is 6.16. The van der Waals surface area contributed by atoms with Crippen molar-refractivity contribution in [3.63, 3.8) is 0 Å². The van der Waals surface area contributed by atoms with Crippen LogP contribution in [0, 0.1) is 5.41 Å². The maximum atomic E-state index is 11.9. The van der Waals surface area contributed by atoms with Gasteiger partial charge in [0.25, 0.3) is 0 Å². The molecule has 1 heterocycles. The first-order valence-corrected chi connectivity index (χ1v) is 7.27. The van der Waals surface area contributed by atoms with Crippen molar-refractivity contribution in [3.8, 4) is 0 Å². The number of carboxylic acid groups (broad SMARTS) is 1. The van der Waals surface area contributed by atoms with Gasteiger partial charge < -0.3 is 15.3 Å². The first-order chi connectivity index (χ1) is 9.88. The predicted octanol–water partition coefficient (Wildman–Crippen LogP) is 2.73. The molecule has 1 aromatic rings. The molecule has 0 spiro atoms. The van der Waals surface area contributed by atoms with Crippen molar-refractivity contribution in [1.29, 1.82) is 0 Å². The molecule has 0 atom stereocenters. The highest BCUT2D eigenvalue weighted by atomic mass is 16.4. The van der Waals surface area contributed by atoms with Crippen molar-refractivity contribution < 1.29 is 14.7 Å². The average Bonchev–Trinajstić information content (AvgIpc) is 2.92. The molecule has 0 unspecified atom stereocenters. The fourth-order valence-electron chi connectivity index (χ4n) is 2.41. The van der Waals surface area contributed by atoms with Crippen molar-refractivity contribution in [1.82, 2.24) is 0 Å². The number of anilines is 2. The number of hydrogen-bond donors (Lipinski definition) is 2. The van der Waals surface area contributed by atoms with Gasteiger partial charge in [-0.15, -0.1) is 0 Å². The van der Waals surface area contributed by atoms with E-state index in [4.69, 9.17) is 5.11 Å². The number of nitrogens with zero attached hydrogens (tertiary/aromatic N) is 1. The van der Waals surface area contributed by atoms with Crippen LogP contribution in [-0.2, 0) is 9.59 Å². The molecular formula is C16H22N2O3. The minimum atomic E-state index is -1.06. The van der Waals surface area contributed by atoms with E-state index in [0.29, 0.717) is 5.69 Å². The second kappa shape index (κ2) is 6.16. The summed E-state index contributed by atoms with van der Waals surface area (Å²) in [4.78, 5) is 25.2. The Hall–Kier alpha value is -2.04. The molecule has 1 saturated heterocycles. The first-order valence-electron chi connectivity index (χ1n) is 7.27. The van der Waals surface area contributed by atoms with Crippen LogP contribution in [-0.4, -0.2) is 30.1 Å². The summed E-state index contributed by atoms with van der Waals surface area (Å²) in [5.74, 6) is -1.25. The Morgan fingerprint density at radius 1 is 1.19 bits per heavy atom. The summed E-state index contributed by atoms with van der Waals surface area (Å²) in [6.07, 6.45) is 2.40. The van der Waals surface area contributed by atoms with Crippen LogP contribution >= 0.6 is 0 Å². The summed E-state index contributed by atoms with van der Waals surface area (Å²) in [6.45, 7) is 5.26. The van der Waals surface area contributed by atoms with Crippen molar-refractivity contribution >= 4 is 23.3 Å². The van der Waals surface area contributed by atoms with E-state index in [9.17, 15) is 9.59 Å². The third-order valence-corrected chi connectivity index (χ3v) is 3.80. The Kier molecular flexibility index (Phi) is 4.50. The van der Waals surface area contributed by atoms with E-state index in [1.807, 2.05) is 24.3 Å². The van der Waals surface area contributed by atoms with E-state index in [1.54, 1.807) is 13.8 Å². The van der Waals surface area contributed by atoms with E-state index in [-0.39, 0.29) is 12.3 Å². The number of nitrogens with one attached hydrogen (secondary N) is 1. The van der Waals surface area contributed by atoms with Crippen molar-refractivity contribution in [2.45, 2.75) is 33.1 Å². The summed E-state index contributed by atoms with van der Waals surface area (Å²) < 4.78 is 0. The number of carboxylic acids is 1. The molecule has 2 N–H and O–H groups in total. The fourth-order valence-corrected chi connectivity index (χ4v) is 2.41. The standard InChI is InChI=1S/C16H22N2O3/c1-16(2,15(20)21)11-14(19)17-12-5-7-13(8-6-12)18-9-3-4-10-18/h5-8H,3-4,9-11H2,1-2H3,(H,17,19)(H,20,21). The molecule has 114 valence electrons. The Labute approximate surface area is 125 Å². The van der Waals surface area contributed by atoms with Gasteiger partial charge in [0.15, 0.2) is 0 Å². The highest BCUT2D eigenvalue weighted by molar-refractivity contribution is 5.94. The molecule has 0 radical (unpaired) electrons. The average molecular weight is 290 g/mol. The molecule has 0 aromatic heterocycles. The molecule has 5 nitrogen and oxygen atoms in total. The van der Waals surface area contributed by atoms with Crippen LogP contribution in [0.5, 0.6) is 0 Å². The molecule has 0 bridgehead atoms. The van der Waals surface area contributed by atoms with Gasteiger partial charge in [0.1, 0.15) is 0 Å².